The first-order chi connectivity index (χ1) is 12.8. The Bertz CT molecular complexity index is 1070. The highest BCUT2D eigenvalue weighted by Crippen LogP contribution is 2.28. The molecule has 7 nitrogen and oxygen atoms in total. The number of hydrogen-bond donors (Lipinski definition) is 1. The molecule has 0 amide bonds. The van der Waals surface area contributed by atoms with Crippen molar-refractivity contribution in [3.05, 3.63) is 48.5 Å². The van der Waals surface area contributed by atoms with E-state index in [1.807, 2.05) is 13.2 Å². The summed E-state index contributed by atoms with van der Waals surface area (Å²) in [6.45, 7) is 2.20. The summed E-state index contributed by atoms with van der Waals surface area (Å²) in [4.78, 5) is 14.7. The molecule has 1 aliphatic rings. The number of H-pyrrole nitrogens is 1. The maximum Gasteiger partial charge on any atom is 0.163 e. The fraction of sp³-hybridized carbons (Fsp3) is 0.316. The lowest BCUT2D eigenvalue weighted by Gasteiger charge is -2.36. The van der Waals surface area contributed by atoms with Gasteiger partial charge in [0.15, 0.2) is 5.65 Å². The summed E-state index contributed by atoms with van der Waals surface area (Å²) in [5, 5.41) is 6.60. The molecule has 1 atom stereocenters. The highest BCUT2D eigenvalue weighted by atomic mass is 16.5. The van der Waals surface area contributed by atoms with Crippen molar-refractivity contribution in [2.75, 3.05) is 24.7 Å². The molecule has 0 bridgehead atoms. The third-order valence-corrected chi connectivity index (χ3v) is 5.14. The van der Waals surface area contributed by atoms with Gasteiger partial charge in [-0.15, -0.1) is 0 Å². The zero-order chi connectivity index (χ0) is 17.5. The second-order valence-electron chi connectivity index (χ2n) is 6.69. The summed E-state index contributed by atoms with van der Waals surface area (Å²) in [5.74, 6) is 0.941. The SMILES string of the molecule is Cn1ncc2c(N3CCOCC3Cc3c[nH]c4ccccc34)ncnc21. The van der Waals surface area contributed by atoms with Crippen LogP contribution < -0.4 is 4.90 Å². The number of fused-ring (bicyclic) bond motifs is 2. The number of benzene rings is 1. The van der Waals surface area contributed by atoms with Gasteiger partial charge in [-0.2, -0.15) is 5.10 Å². The molecule has 0 aliphatic carbocycles. The van der Waals surface area contributed by atoms with E-state index < -0.39 is 0 Å². The number of aromatic nitrogens is 5. The smallest absolute Gasteiger partial charge is 0.163 e. The van der Waals surface area contributed by atoms with E-state index in [1.54, 1.807) is 11.0 Å². The number of nitrogens with one attached hydrogen (secondary N) is 1. The summed E-state index contributed by atoms with van der Waals surface area (Å²) in [6.07, 6.45) is 6.48. The molecule has 5 rings (SSSR count). The fourth-order valence-electron chi connectivity index (χ4n) is 3.84. The fourth-order valence-corrected chi connectivity index (χ4v) is 3.84. The number of anilines is 1. The number of morpholine rings is 1. The first-order valence-electron chi connectivity index (χ1n) is 8.83. The van der Waals surface area contributed by atoms with Gasteiger partial charge in [0.25, 0.3) is 0 Å². The van der Waals surface area contributed by atoms with Crippen molar-refractivity contribution >= 4 is 27.8 Å². The molecule has 4 heterocycles. The molecule has 0 saturated carbocycles. The minimum atomic E-state index is 0.223. The molecular weight excluding hydrogens is 328 g/mol. The lowest BCUT2D eigenvalue weighted by Crippen LogP contribution is -2.47. The zero-order valence-electron chi connectivity index (χ0n) is 14.6. The molecule has 0 spiro atoms. The molecular formula is C19H20N6O. The van der Waals surface area contributed by atoms with Gasteiger partial charge in [0.1, 0.15) is 12.1 Å². The molecule has 4 aromatic rings. The monoisotopic (exact) mass is 348 g/mol. The predicted molar refractivity (Wildman–Crippen MR) is 100 cm³/mol. The Balaban J connectivity index is 1.52. The Labute approximate surface area is 150 Å². The second kappa shape index (κ2) is 6.10. The molecule has 1 saturated heterocycles. The average Bonchev–Trinajstić information content (AvgIpc) is 3.27. The standard InChI is InChI=1S/C19H20N6O/c1-24-18-16(10-23-24)19(22-12-21-18)25-6-7-26-11-14(25)8-13-9-20-17-5-3-2-4-15(13)17/h2-5,9-10,12,14,20H,6-8,11H2,1H3. The summed E-state index contributed by atoms with van der Waals surface area (Å²) in [7, 11) is 1.90. The van der Waals surface area contributed by atoms with Crippen LogP contribution in [0.5, 0.6) is 0 Å². The van der Waals surface area contributed by atoms with E-state index in [0.29, 0.717) is 13.2 Å². The van der Waals surface area contributed by atoms with Crippen LogP contribution in [-0.4, -0.2) is 50.5 Å². The summed E-state index contributed by atoms with van der Waals surface area (Å²) < 4.78 is 7.58. The third-order valence-electron chi connectivity index (χ3n) is 5.14. The number of aryl methyl sites for hydroxylation is 1. The molecule has 1 aliphatic heterocycles. The normalized spacial score (nSPS) is 18.0. The first kappa shape index (κ1) is 15.3. The predicted octanol–water partition coefficient (Wildman–Crippen LogP) is 2.29. The van der Waals surface area contributed by atoms with Gasteiger partial charge in [0, 0.05) is 30.7 Å². The van der Waals surface area contributed by atoms with E-state index in [0.717, 1.165) is 29.8 Å². The van der Waals surface area contributed by atoms with Crippen LogP contribution in [0.1, 0.15) is 5.56 Å². The Hall–Kier alpha value is -2.93. The van der Waals surface area contributed by atoms with Crippen LogP contribution in [0.15, 0.2) is 43.0 Å². The van der Waals surface area contributed by atoms with E-state index in [4.69, 9.17) is 4.74 Å². The summed E-state index contributed by atoms with van der Waals surface area (Å²) in [6, 6.07) is 8.63. The minimum Gasteiger partial charge on any atom is -0.377 e. The minimum absolute atomic E-state index is 0.223. The van der Waals surface area contributed by atoms with Crippen LogP contribution >= 0.6 is 0 Å². The van der Waals surface area contributed by atoms with Crippen LogP contribution in [0, 0.1) is 0 Å². The first-order valence-corrected chi connectivity index (χ1v) is 8.83. The molecule has 132 valence electrons. The highest BCUT2D eigenvalue weighted by Gasteiger charge is 2.27. The van der Waals surface area contributed by atoms with Crippen LogP contribution in [0.3, 0.4) is 0 Å². The molecule has 7 heteroatoms. The van der Waals surface area contributed by atoms with Crippen LogP contribution in [0.2, 0.25) is 0 Å². The van der Waals surface area contributed by atoms with E-state index in [9.17, 15) is 0 Å². The van der Waals surface area contributed by atoms with Gasteiger partial charge in [-0.1, -0.05) is 18.2 Å². The Morgan fingerprint density at radius 2 is 2.15 bits per heavy atom. The van der Waals surface area contributed by atoms with Gasteiger partial charge in [-0.05, 0) is 18.1 Å². The van der Waals surface area contributed by atoms with Crippen LogP contribution in [-0.2, 0) is 18.2 Å². The molecule has 3 aromatic heterocycles. The van der Waals surface area contributed by atoms with Gasteiger partial charge in [-0.25, -0.2) is 9.97 Å². The third kappa shape index (κ3) is 2.43. The van der Waals surface area contributed by atoms with E-state index >= 15 is 0 Å². The highest BCUT2D eigenvalue weighted by molar-refractivity contribution is 5.87. The largest absolute Gasteiger partial charge is 0.377 e. The number of ether oxygens (including phenoxy) is 1. The van der Waals surface area contributed by atoms with Gasteiger partial charge in [0.2, 0.25) is 0 Å². The van der Waals surface area contributed by atoms with Crippen molar-refractivity contribution in [1.82, 2.24) is 24.7 Å². The zero-order valence-corrected chi connectivity index (χ0v) is 14.6. The maximum absolute atomic E-state index is 5.80. The van der Waals surface area contributed by atoms with Crippen molar-refractivity contribution < 1.29 is 4.74 Å². The quantitative estimate of drug-likeness (QED) is 0.615. The molecule has 1 N–H and O–H groups in total. The molecule has 0 radical (unpaired) electrons. The second-order valence-corrected chi connectivity index (χ2v) is 6.69. The number of nitrogens with zero attached hydrogens (tertiary/aromatic N) is 5. The van der Waals surface area contributed by atoms with Crippen molar-refractivity contribution in [1.29, 1.82) is 0 Å². The Morgan fingerprint density at radius 1 is 1.23 bits per heavy atom. The van der Waals surface area contributed by atoms with Crippen LogP contribution in [0.4, 0.5) is 5.82 Å². The topological polar surface area (TPSA) is 71.9 Å². The lowest BCUT2D eigenvalue weighted by molar-refractivity contribution is 0.0939. The lowest BCUT2D eigenvalue weighted by atomic mass is 10.0. The van der Waals surface area contributed by atoms with E-state index in [1.165, 1.54) is 16.5 Å². The maximum atomic E-state index is 5.80. The number of hydrogen-bond acceptors (Lipinski definition) is 5. The summed E-state index contributed by atoms with van der Waals surface area (Å²) in [5.41, 5.74) is 3.33. The molecule has 1 aromatic carbocycles. The average molecular weight is 348 g/mol. The molecule has 1 unspecified atom stereocenters. The van der Waals surface area contributed by atoms with Gasteiger partial charge in [-0.3, -0.25) is 4.68 Å². The van der Waals surface area contributed by atoms with Crippen molar-refractivity contribution in [3.8, 4) is 0 Å². The van der Waals surface area contributed by atoms with Gasteiger partial charge < -0.3 is 14.6 Å². The van der Waals surface area contributed by atoms with E-state index in [2.05, 4.69) is 55.4 Å². The number of rotatable bonds is 3. The van der Waals surface area contributed by atoms with Crippen molar-refractivity contribution in [2.45, 2.75) is 12.5 Å². The molecule has 1 fully saturated rings. The van der Waals surface area contributed by atoms with Crippen molar-refractivity contribution in [3.63, 3.8) is 0 Å². The van der Waals surface area contributed by atoms with Crippen molar-refractivity contribution in [2.24, 2.45) is 7.05 Å². The van der Waals surface area contributed by atoms with E-state index in [-0.39, 0.29) is 6.04 Å². The van der Waals surface area contributed by atoms with Gasteiger partial charge >= 0.3 is 0 Å². The number of aromatic amines is 1. The Morgan fingerprint density at radius 3 is 3.12 bits per heavy atom. The number of para-hydroxylation sites is 1. The van der Waals surface area contributed by atoms with Crippen LogP contribution in [0.25, 0.3) is 21.9 Å². The molecule has 26 heavy (non-hydrogen) atoms. The Kier molecular flexibility index (Phi) is 3.60. The summed E-state index contributed by atoms with van der Waals surface area (Å²) >= 11 is 0. The van der Waals surface area contributed by atoms with Gasteiger partial charge in [0.05, 0.1) is 30.8 Å².